The lowest BCUT2D eigenvalue weighted by Crippen LogP contribution is -2.48. The second-order valence-electron chi connectivity index (χ2n) is 4.83. The van der Waals surface area contributed by atoms with E-state index in [4.69, 9.17) is 9.84 Å². The van der Waals surface area contributed by atoms with E-state index in [9.17, 15) is 4.79 Å². The molecule has 0 saturated carbocycles. The lowest BCUT2D eigenvalue weighted by molar-refractivity contribution is -0.138. The highest BCUT2D eigenvalue weighted by Gasteiger charge is 2.20. The van der Waals surface area contributed by atoms with Crippen molar-refractivity contribution < 1.29 is 14.6 Å². The Labute approximate surface area is 113 Å². The Morgan fingerprint density at radius 2 is 2.00 bits per heavy atom. The summed E-state index contributed by atoms with van der Waals surface area (Å²) < 4.78 is 5.40. The van der Waals surface area contributed by atoms with Crippen LogP contribution in [0.1, 0.15) is 5.56 Å². The molecule has 1 aliphatic heterocycles. The van der Waals surface area contributed by atoms with E-state index >= 15 is 0 Å². The van der Waals surface area contributed by atoms with Crippen molar-refractivity contribution in [2.45, 2.75) is 6.92 Å². The van der Waals surface area contributed by atoms with E-state index in [2.05, 4.69) is 17.9 Å². The highest BCUT2D eigenvalue weighted by atomic mass is 16.5. The van der Waals surface area contributed by atoms with Crippen LogP contribution in [0.15, 0.2) is 18.2 Å². The molecule has 1 aromatic rings. The second-order valence-corrected chi connectivity index (χ2v) is 4.83. The van der Waals surface area contributed by atoms with Crippen LogP contribution in [0.25, 0.3) is 0 Å². The van der Waals surface area contributed by atoms with Crippen LogP contribution in [0.4, 0.5) is 5.69 Å². The maximum atomic E-state index is 10.7. The van der Waals surface area contributed by atoms with Crippen molar-refractivity contribution in [2.75, 3.05) is 44.7 Å². The zero-order valence-corrected chi connectivity index (χ0v) is 11.4. The second kappa shape index (κ2) is 5.93. The largest absolute Gasteiger partial charge is 0.495 e. The SMILES string of the molecule is COc1ccc(C)cc1N1CCN(CC(=O)O)CC1. The quantitative estimate of drug-likeness (QED) is 0.886. The minimum Gasteiger partial charge on any atom is -0.495 e. The Balaban J connectivity index is 2.05. The molecule has 1 N–H and O–H groups in total. The van der Waals surface area contributed by atoms with Gasteiger partial charge in [0.05, 0.1) is 19.3 Å². The summed E-state index contributed by atoms with van der Waals surface area (Å²) in [6.07, 6.45) is 0. The number of rotatable bonds is 4. The van der Waals surface area contributed by atoms with Crippen LogP contribution in [-0.4, -0.2) is 55.8 Å². The van der Waals surface area contributed by atoms with Gasteiger partial charge in [0.2, 0.25) is 0 Å². The molecular weight excluding hydrogens is 244 g/mol. The fourth-order valence-electron chi connectivity index (χ4n) is 2.39. The van der Waals surface area contributed by atoms with E-state index < -0.39 is 5.97 Å². The first kappa shape index (κ1) is 13.7. The van der Waals surface area contributed by atoms with Gasteiger partial charge in [0.15, 0.2) is 0 Å². The Bertz CT molecular complexity index is 454. The number of carboxylic acids is 1. The van der Waals surface area contributed by atoms with Gasteiger partial charge in [-0.05, 0) is 24.6 Å². The highest BCUT2D eigenvalue weighted by Crippen LogP contribution is 2.29. The summed E-state index contributed by atoms with van der Waals surface area (Å²) in [7, 11) is 1.68. The minimum atomic E-state index is -0.762. The predicted molar refractivity (Wildman–Crippen MR) is 74.0 cm³/mol. The molecule has 0 amide bonds. The summed E-state index contributed by atoms with van der Waals surface area (Å²) in [5, 5.41) is 8.79. The molecule has 104 valence electrons. The average molecular weight is 264 g/mol. The lowest BCUT2D eigenvalue weighted by Gasteiger charge is -2.36. The molecule has 0 aliphatic carbocycles. The molecule has 0 atom stereocenters. The number of aryl methyl sites for hydroxylation is 1. The van der Waals surface area contributed by atoms with Crippen molar-refractivity contribution >= 4 is 11.7 Å². The molecule has 5 heteroatoms. The normalized spacial score (nSPS) is 16.4. The van der Waals surface area contributed by atoms with Crippen LogP contribution in [-0.2, 0) is 4.79 Å². The minimum absolute atomic E-state index is 0.124. The van der Waals surface area contributed by atoms with Gasteiger partial charge in [0.25, 0.3) is 0 Å². The van der Waals surface area contributed by atoms with Crippen LogP contribution < -0.4 is 9.64 Å². The van der Waals surface area contributed by atoms with Gasteiger partial charge in [-0.25, -0.2) is 0 Å². The van der Waals surface area contributed by atoms with E-state index in [-0.39, 0.29) is 6.54 Å². The summed E-state index contributed by atoms with van der Waals surface area (Å²) in [4.78, 5) is 14.9. The van der Waals surface area contributed by atoms with Gasteiger partial charge < -0.3 is 14.7 Å². The Hall–Kier alpha value is -1.75. The molecule has 0 spiro atoms. The molecule has 1 fully saturated rings. The van der Waals surface area contributed by atoms with Gasteiger partial charge in [-0.3, -0.25) is 9.69 Å². The zero-order chi connectivity index (χ0) is 13.8. The molecule has 1 heterocycles. The number of aliphatic carboxylic acids is 1. The molecule has 0 bridgehead atoms. The summed E-state index contributed by atoms with van der Waals surface area (Å²) in [5.41, 5.74) is 2.29. The first-order valence-electron chi connectivity index (χ1n) is 6.44. The van der Waals surface area contributed by atoms with Crippen molar-refractivity contribution in [1.82, 2.24) is 4.90 Å². The highest BCUT2D eigenvalue weighted by molar-refractivity contribution is 5.69. The Morgan fingerprint density at radius 1 is 1.32 bits per heavy atom. The molecule has 1 aliphatic rings. The van der Waals surface area contributed by atoms with Crippen molar-refractivity contribution in [2.24, 2.45) is 0 Å². The average Bonchev–Trinajstić information content (AvgIpc) is 2.39. The fourth-order valence-corrected chi connectivity index (χ4v) is 2.39. The number of benzene rings is 1. The topological polar surface area (TPSA) is 53.0 Å². The van der Waals surface area contributed by atoms with Crippen LogP contribution in [0.5, 0.6) is 5.75 Å². The third kappa shape index (κ3) is 3.38. The van der Waals surface area contributed by atoms with Crippen LogP contribution >= 0.6 is 0 Å². The van der Waals surface area contributed by atoms with Crippen LogP contribution in [0.3, 0.4) is 0 Å². The summed E-state index contributed by atoms with van der Waals surface area (Å²) in [6.45, 7) is 5.37. The molecule has 2 rings (SSSR count). The number of carbonyl (C=O) groups is 1. The molecular formula is C14H20N2O3. The van der Waals surface area contributed by atoms with Gasteiger partial charge in [-0.2, -0.15) is 0 Å². The maximum absolute atomic E-state index is 10.7. The molecule has 5 nitrogen and oxygen atoms in total. The molecule has 0 aromatic heterocycles. The van der Waals surface area contributed by atoms with Crippen LogP contribution in [0.2, 0.25) is 0 Å². The third-order valence-corrected chi connectivity index (χ3v) is 3.41. The standard InChI is InChI=1S/C14H20N2O3/c1-11-3-4-13(19-2)12(9-11)16-7-5-15(6-8-16)10-14(17)18/h3-4,9H,5-8,10H2,1-2H3,(H,17,18). The smallest absolute Gasteiger partial charge is 0.317 e. The maximum Gasteiger partial charge on any atom is 0.317 e. The summed E-state index contributed by atoms with van der Waals surface area (Å²) in [6, 6.07) is 6.13. The number of piperazine rings is 1. The van der Waals surface area contributed by atoms with E-state index in [1.165, 1.54) is 5.56 Å². The third-order valence-electron chi connectivity index (χ3n) is 3.41. The number of carboxylic acid groups (broad SMARTS) is 1. The number of anilines is 1. The van der Waals surface area contributed by atoms with Gasteiger partial charge in [0.1, 0.15) is 5.75 Å². The Morgan fingerprint density at radius 3 is 2.58 bits per heavy atom. The molecule has 0 unspecified atom stereocenters. The number of hydrogen-bond acceptors (Lipinski definition) is 4. The van der Waals surface area contributed by atoms with Crippen LogP contribution in [0, 0.1) is 6.92 Å². The van der Waals surface area contributed by atoms with Crippen molar-refractivity contribution in [3.63, 3.8) is 0 Å². The van der Waals surface area contributed by atoms with Gasteiger partial charge >= 0.3 is 5.97 Å². The Kier molecular flexibility index (Phi) is 4.27. The lowest BCUT2D eigenvalue weighted by atomic mass is 10.1. The zero-order valence-electron chi connectivity index (χ0n) is 11.4. The van der Waals surface area contributed by atoms with E-state index in [0.29, 0.717) is 0 Å². The first-order chi connectivity index (χ1) is 9.10. The van der Waals surface area contributed by atoms with Crippen molar-refractivity contribution in [3.8, 4) is 5.75 Å². The van der Waals surface area contributed by atoms with Gasteiger partial charge in [-0.1, -0.05) is 6.07 Å². The molecule has 1 saturated heterocycles. The number of ether oxygens (including phenoxy) is 1. The van der Waals surface area contributed by atoms with Gasteiger partial charge in [0, 0.05) is 26.2 Å². The summed E-state index contributed by atoms with van der Waals surface area (Å²) >= 11 is 0. The monoisotopic (exact) mass is 264 g/mol. The molecule has 0 radical (unpaired) electrons. The van der Waals surface area contributed by atoms with E-state index in [1.54, 1.807) is 7.11 Å². The number of hydrogen-bond donors (Lipinski definition) is 1. The number of methoxy groups -OCH3 is 1. The van der Waals surface area contributed by atoms with Crippen molar-refractivity contribution in [1.29, 1.82) is 0 Å². The number of nitrogens with zero attached hydrogens (tertiary/aromatic N) is 2. The predicted octanol–water partition coefficient (Wildman–Crippen LogP) is 1.21. The fraction of sp³-hybridized carbons (Fsp3) is 0.500. The van der Waals surface area contributed by atoms with Gasteiger partial charge in [-0.15, -0.1) is 0 Å². The van der Waals surface area contributed by atoms with E-state index in [0.717, 1.165) is 37.6 Å². The van der Waals surface area contributed by atoms with E-state index in [1.807, 2.05) is 17.0 Å². The van der Waals surface area contributed by atoms with Crippen molar-refractivity contribution in [3.05, 3.63) is 23.8 Å². The first-order valence-corrected chi connectivity index (χ1v) is 6.44. The molecule has 19 heavy (non-hydrogen) atoms. The molecule has 1 aromatic carbocycles. The summed E-state index contributed by atoms with van der Waals surface area (Å²) in [5.74, 6) is 0.110.